The second kappa shape index (κ2) is 6.12. The molecule has 5 nitrogen and oxygen atoms in total. The summed E-state index contributed by atoms with van der Waals surface area (Å²) in [5.74, 6) is -2.46. The first-order valence-corrected chi connectivity index (χ1v) is 7.60. The molecule has 1 aromatic rings. The van der Waals surface area contributed by atoms with Crippen molar-refractivity contribution in [3.8, 4) is 0 Å². The zero-order valence-electron chi connectivity index (χ0n) is 12.1. The van der Waals surface area contributed by atoms with E-state index in [0.29, 0.717) is 18.5 Å². The number of nitrogens with one attached hydrogen (secondary N) is 1. The molecule has 120 valence electrons. The van der Waals surface area contributed by atoms with Crippen LogP contribution in [0.1, 0.15) is 12.8 Å². The van der Waals surface area contributed by atoms with Crippen LogP contribution in [0.3, 0.4) is 0 Å². The van der Waals surface area contributed by atoms with Crippen LogP contribution in [-0.2, 0) is 14.4 Å². The van der Waals surface area contributed by atoms with Gasteiger partial charge in [-0.15, -0.1) is 0 Å². The summed E-state index contributed by atoms with van der Waals surface area (Å²) in [5.41, 5.74) is 0.305. The minimum absolute atomic E-state index is 0.117. The number of rotatable bonds is 3. The average Bonchev–Trinajstić information content (AvgIpc) is 2.76. The Kier molecular flexibility index (Phi) is 4.17. The molecule has 1 aromatic carbocycles. The average molecular weight is 337 g/mol. The van der Waals surface area contributed by atoms with Gasteiger partial charge in [-0.1, -0.05) is 23.8 Å². The zero-order chi connectivity index (χ0) is 16.6. The molecule has 23 heavy (non-hydrogen) atoms. The van der Waals surface area contributed by atoms with Crippen LogP contribution in [0.25, 0.3) is 0 Å². The fourth-order valence-electron chi connectivity index (χ4n) is 2.94. The predicted octanol–water partition coefficient (Wildman–Crippen LogP) is 2.37. The van der Waals surface area contributed by atoms with Crippen LogP contribution in [-0.4, -0.2) is 29.2 Å². The van der Waals surface area contributed by atoms with E-state index >= 15 is 0 Å². The maximum Gasteiger partial charge on any atom is 0.244 e. The number of imide groups is 1. The summed E-state index contributed by atoms with van der Waals surface area (Å²) < 4.78 is 13.1. The summed E-state index contributed by atoms with van der Waals surface area (Å²) in [4.78, 5) is 37.6. The minimum atomic E-state index is -0.592. The third kappa shape index (κ3) is 2.99. The maximum atomic E-state index is 13.1. The fraction of sp³-hybridized carbons (Fsp3) is 0.312. The van der Waals surface area contributed by atoms with E-state index in [2.05, 4.69) is 5.32 Å². The number of hydrogen-bond acceptors (Lipinski definition) is 3. The number of anilines is 1. The Morgan fingerprint density at radius 1 is 1.22 bits per heavy atom. The monoisotopic (exact) mass is 336 g/mol. The summed E-state index contributed by atoms with van der Waals surface area (Å²) in [5, 5.41) is 2.39. The van der Waals surface area contributed by atoms with Gasteiger partial charge < -0.3 is 5.32 Å². The molecule has 0 unspecified atom stereocenters. The first-order valence-electron chi connectivity index (χ1n) is 7.22. The molecule has 1 aliphatic carbocycles. The van der Waals surface area contributed by atoms with Crippen LogP contribution >= 0.6 is 11.6 Å². The molecule has 1 N–H and O–H groups in total. The second-order valence-electron chi connectivity index (χ2n) is 5.60. The number of allylic oxidation sites excluding steroid dienone is 2. The van der Waals surface area contributed by atoms with Crippen molar-refractivity contribution in [1.29, 1.82) is 0 Å². The van der Waals surface area contributed by atoms with Gasteiger partial charge in [0, 0.05) is 5.69 Å². The molecule has 1 fully saturated rings. The number of nitrogens with zero attached hydrogens (tertiary/aromatic N) is 1. The van der Waals surface area contributed by atoms with Crippen molar-refractivity contribution in [2.45, 2.75) is 12.8 Å². The van der Waals surface area contributed by atoms with E-state index in [9.17, 15) is 18.8 Å². The van der Waals surface area contributed by atoms with Gasteiger partial charge in [0.1, 0.15) is 12.4 Å². The van der Waals surface area contributed by atoms with Gasteiger partial charge in [0.15, 0.2) is 0 Å². The lowest BCUT2D eigenvalue weighted by molar-refractivity contribution is -0.142. The van der Waals surface area contributed by atoms with Crippen molar-refractivity contribution in [2.24, 2.45) is 11.8 Å². The summed E-state index contributed by atoms with van der Waals surface area (Å²) in [6.45, 7) is -0.348. The Hall–Kier alpha value is -2.21. The molecule has 0 radical (unpaired) electrons. The summed E-state index contributed by atoms with van der Waals surface area (Å²) in [6, 6.07) is 3.76. The van der Waals surface area contributed by atoms with Crippen molar-refractivity contribution in [1.82, 2.24) is 4.90 Å². The van der Waals surface area contributed by atoms with Crippen LogP contribution in [0.4, 0.5) is 10.1 Å². The molecule has 0 bridgehead atoms. The number of benzene rings is 1. The third-order valence-corrected chi connectivity index (χ3v) is 4.39. The van der Waals surface area contributed by atoms with Gasteiger partial charge in [-0.3, -0.25) is 19.3 Å². The Labute approximate surface area is 137 Å². The van der Waals surface area contributed by atoms with E-state index in [0.717, 1.165) is 11.0 Å². The molecule has 1 saturated heterocycles. The SMILES string of the molecule is O=C(CN1C(=O)[C@H]2CC=CC[C@H]2C1=O)Nc1ccc(F)c(Cl)c1. The third-order valence-electron chi connectivity index (χ3n) is 4.10. The van der Waals surface area contributed by atoms with Crippen molar-refractivity contribution < 1.29 is 18.8 Å². The van der Waals surface area contributed by atoms with Gasteiger partial charge in [0.2, 0.25) is 17.7 Å². The minimum Gasteiger partial charge on any atom is -0.324 e. The van der Waals surface area contributed by atoms with Crippen LogP contribution in [0, 0.1) is 17.7 Å². The summed E-state index contributed by atoms with van der Waals surface area (Å²) in [6.07, 6.45) is 4.83. The molecule has 1 aliphatic heterocycles. The van der Waals surface area contributed by atoms with Crippen LogP contribution in [0.2, 0.25) is 5.02 Å². The van der Waals surface area contributed by atoms with E-state index in [1.165, 1.54) is 12.1 Å². The first kappa shape index (κ1) is 15.7. The highest BCUT2D eigenvalue weighted by Gasteiger charge is 2.47. The van der Waals surface area contributed by atoms with Gasteiger partial charge in [-0.2, -0.15) is 0 Å². The number of fused-ring (bicyclic) bond motifs is 1. The lowest BCUT2D eigenvalue weighted by Crippen LogP contribution is -2.38. The van der Waals surface area contributed by atoms with Gasteiger partial charge in [0.25, 0.3) is 0 Å². The summed E-state index contributed by atoms with van der Waals surface area (Å²) >= 11 is 5.64. The number of likely N-dealkylation sites (tertiary alicyclic amines) is 1. The lowest BCUT2D eigenvalue weighted by Gasteiger charge is -2.14. The van der Waals surface area contributed by atoms with Crippen LogP contribution in [0.15, 0.2) is 30.4 Å². The van der Waals surface area contributed by atoms with Crippen molar-refractivity contribution in [3.63, 3.8) is 0 Å². The highest BCUT2D eigenvalue weighted by molar-refractivity contribution is 6.31. The number of halogens is 2. The smallest absolute Gasteiger partial charge is 0.244 e. The maximum absolute atomic E-state index is 13.1. The van der Waals surface area contributed by atoms with Gasteiger partial charge in [-0.25, -0.2) is 4.39 Å². The van der Waals surface area contributed by atoms with E-state index < -0.39 is 11.7 Å². The normalized spacial score (nSPS) is 23.1. The summed E-state index contributed by atoms with van der Waals surface area (Å²) in [7, 11) is 0. The van der Waals surface area contributed by atoms with Crippen LogP contribution < -0.4 is 5.32 Å². The fourth-order valence-corrected chi connectivity index (χ4v) is 3.12. The van der Waals surface area contributed by atoms with E-state index in [1.807, 2.05) is 12.2 Å². The van der Waals surface area contributed by atoms with E-state index in [4.69, 9.17) is 11.6 Å². The zero-order valence-corrected chi connectivity index (χ0v) is 12.8. The van der Waals surface area contributed by atoms with Crippen LogP contribution in [0.5, 0.6) is 0 Å². The Morgan fingerprint density at radius 2 is 1.83 bits per heavy atom. The number of carbonyl (C=O) groups is 3. The Morgan fingerprint density at radius 3 is 2.39 bits per heavy atom. The van der Waals surface area contributed by atoms with E-state index in [-0.39, 0.29) is 35.2 Å². The lowest BCUT2D eigenvalue weighted by atomic mass is 9.85. The number of amides is 3. The predicted molar refractivity (Wildman–Crippen MR) is 82.1 cm³/mol. The van der Waals surface area contributed by atoms with Crippen molar-refractivity contribution >= 4 is 35.0 Å². The topological polar surface area (TPSA) is 66.5 Å². The molecular weight excluding hydrogens is 323 g/mol. The molecule has 2 aliphatic rings. The highest BCUT2D eigenvalue weighted by Crippen LogP contribution is 2.34. The largest absolute Gasteiger partial charge is 0.324 e. The molecule has 3 rings (SSSR count). The van der Waals surface area contributed by atoms with E-state index in [1.54, 1.807) is 0 Å². The molecule has 1 heterocycles. The molecule has 0 saturated carbocycles. The highest BCUT2D eigenvalue weighted by atomic mass is 35.5. The van der Waals surface area contributed by atoms with Gasteiger partial charge in [0.05, 0.1) is 16.9 Å². The van der Waals surface area contributed by atoms with Crippen molar-refractivity contribution in [3.05, 3.63) is 41.2 Å². The Bertz CT molecular complexity index is 693. The molecule has 2 atom stereocenters. The molecular formula is C16H14ClFN2O3. The first-order chi connectivity index (χ1) is 11.0. The number of carbonyl (C=O) groups excluding carboxylic acids is 3. The van der Waals surface area contributed by atoms with Gasteiger partial charge >= 0.3 is 0 Å². The molecule has 3 amide bonds. The Balaban J connectivity index is 1.67. The second-order valence-corrected chi connectivity index (χ2v) is 6.00. The van der Waals surface area contributed by atoms with Crippen molar-refractivity contribution in [2.75, 3.05) is 11.9 Å². The molecule has 7 heteroatoms. The quantitative estimate of drug-likeness (QED) is 0.680. The molecule has 0 aromatic heterocycles. The number of hydrogen-bond donors (Lipinski definition) is 1. The standard InChI is InChI=1S/C16H14ClFN2O3/c17-12-7-9(5-6-13(12)18)19-14(21)8-20-15(22)10-3-1-2-4-11(10)16(20)23/h1-2,5-7,10-11H,3-4,8H2,(H,19,21)/t10-,11+. The molecule has 0 spiro atoms. The van der Waals surface area contributed by atoms with Gasteiger partial charge in [-0.05, 0) is 31.0 Å².